The van der Waals surface area contributed by atoms with E-state index in [1.165, 1.54) is 23.1 Å². The Morgan fingerprint density at radius 3 is 2.48 bits per heavy atom. The molecule has 5 heteroatoms. The highest BCUT2D eigenvalue weighted by atomic mass is 19.1. The molecule has 2 heterocycles. The minimum Gasteiger partial charge on any atom is -0.379 e. The molecule has 0 spiro atoms. The van der Waals surface area contributed by atoms with Crippen molar-refractivity contribution in [1.29, 1.82) is 0 Å². The first-order valence-electron chi connectivity index (χ1n) is 9.51. The summed E-state index contributed by atoms with van der Waals surface area (Å²) in [5, 5.41) is 1.22. The molecule has 0 bridgehead atoms. The van der Waals surface area contributed by atoms with Crippen molar-refractivity contribution in [2.75, 3.05) is 32.8 Å². The molecule has 0 saturated carbocycles. The third kappa shape index (κ3) is 4.37. The Labute approximate surface area is 158 Å². The number of para-hydroxylation sites is 1. The molecule has 1 saturated heterocycles. The van der Waals surface area contributed by atoms with Gasteiger partial charge in [0.15, 0.2) is 0 Å². The molecule has 2 aromatic carbocycles. The molecule has 142 valence electrons. The maximum Gasteiger partial charge on any atom is 0.126 e. The molecule has 0 atom stereocenters. The molecule has 1 aliphatic rings. The van der Waals surface area contributed by atoms with Crippen LogP contribution in [0.3, 0.4) is 0 Å². The molecule has 1 fully saturated rings. The predicted molar refractivity (Wildman–Crippen MR) is 103 cm³/mol. The Kier molecular flexibility index (Phi) is 5.50. The number of benzene rings is 2. The van der Waals surface area contributed by atoms with Gasteiger partial charge in [-0.25, -0.2) is 8.78 Å². The molecule has 0 aliphatic carbocycles. The highest BCUT2D eigenvalue weighted by Crippen LogP contribution is 2.24. The zero-order valence-corrected chi connectivity index (χ0v) is 15.3. The van der Waals surface area contributed by atoms with Crippen molar-refractivity contribution >= 4 is 10.9 Å². The molecule has 1 aliphatic heterocycles. The average Bonchev–Trinajstić information content (AvgIpc) is 3.00. The summed E-state index contributed by atoms with van der Waals surface area (Å²) in [5.41, 5.74) is 3.02. The fourth-order valence-corrected chi connectivity index (χ4v) is 3.87. The maximum atomic E-state index is 13.5. The first-order valence-corrected chi connectivity index (χ1v) is 9.51. The van der Waals surface area contributed by atoms with Gasteiger partial charge in [-0.3, -0.25) is 4.90 Å². The van der Waals surface area contributed by atoms with E-state index in [2.05, 4.69) is 27.8 Å². The van der Waals surface area contributed by atoms with Gasteiger partial charge < -0.3 is 9.30 Å². The van der Waals surface area contributed by atoms with Crippen LogP contribution < -0.4 is 0 Å². The Hall–Kier alpha value is -2.24. The van der Waals surface area contributed by atoms with Crippen LogP contribution in [0.25, 0.3) is 10.9 Å². The summed E-state index contributed by atoms with van der Waals surface area (Å²) in [7, 11) is 0. The standard InChI is InChI=1S/C22H24F2N2O/c23-19-12-17(13-20(24)14-19)15-26-16-18(21-5-1-2-6-22(21)26)4-3-7-25-8-10-27-11-9-25/h1-2,5-6,12-14,16H,3-4,7-11,15H2. The van der Waals surface area contributed by atoms with Gasteiger partial charge in [-0.05, 0) is 48.7 Å². The van der Waals surface area contributed by atoms with Crippen LogP contribution in [-0.2, 0) is 17.7 Å². The lowest BCUT2D eigenvalue weighted by molar-refractivity contribution is 0.0375. The van der Waals surface area contributed by atoms with E-state index in [1.807, 2.05) is 12.1 Å². The minimum atomic E-state index is -0.535. The largest absolute Gasteiger partial charge is 0.379 e. The lowest BCUT2D eigenvalue weighted by Crippen LogP contribution is -2.36. The summed E-state index contributed by atoms with van der Waals surface area (Å²) < 4.78 is 34.6. The Morgan fingerprint density at radius 1 is 0.963 bits per heavy atom. The lowest BCUT2D eigenvalue weighted by atomic mass is 10.1. The van der Waals surface area contributed by atoms with Crippen LogP contribution >= 0.6 is 0 Å². The zero-order chi connectivity index (χ0) is 18.6. The molecule has 1 aromatic heterocycles. The SMILES string of the molecule is Fc1cc(F)cc(Cn2cc(CCCN3CCOCC3)c3ccccc32)c1. The second-order valence-electron chi connectivity index (χ2n) is 7.13. The Morgan fingerprint density at radius 2 is 1.70 bits per heavy atom. The van der Waals surface area contributed by atoms with Crippen molar-refractivity contribution in [2.45, 2.75) is 19.4 Å². The van der Waals surface area contributed by atoms with Crippen molar-refractivity contribution in [1.82, 2.24) is 9.47 Å². The number of aryl methyl sites for hydroxylation is 1. The summed E-state index contributed by atoms with van der Waals surface area (Å²) >= 11 is 0. The van der Waals surface area contributed by atoms with Gasteiger partial charge in [-0.2, -0.15) is 0 Å². The van der Waals surface area contributed by atoms with Crippen molar-refractivity contribution in [3.05, 3.63) is 71.4 Å². The Balaban J connectivity index is 1.51. The van der Waals surface area contributed by atoms with E-state index in [0.717, 1.165) is 57.3 Å². The maximum absolute atomic E-state index is 13.5. The highest BCUT2D eigenvalue weighted by molar-refractivity contribution is 5.84. The van der Waals surface area contributed by atoms with E-state index in [9.17, 15) is 8.78 Å². The fourth-order valence-electron chi connectivity index (χ4n) is 3.87. The van der Waals surface area contributed by atoms with E-state index >= 15 is 0 Å². The quantitative estimate of drug-likeness (QED) is 0.646. The molecule has 0 N–H and O–H groups in total. The molecule has 4 rings (SSSR count). The molecule has 0 radical (unpaired) electrons. The van der Waals surface area contributed by atoms with Crippen LogP contribution in [0.1, 0.15) is 17.5 Å². The van der Waals surface area contributed by atoms with Gasteiger partial charge in [0.25, 0.3) is 0 Å². The normalized spacial score (nSPS) is 15.5. The van der Waals surface area contributed by atoms with Crippen molar-refractivity contribution in [2.24, 2.45) is 0 Å². The first kappa shape index (κ1) is 18.1. The monoisotopic (exact) mass is 370 g/mol. The third-order valence-electron chi connectivity index (χ3n) is 5.17. The van der Waals surface area contributed by atoms with E-state index < -0.39 is 11.6 Å². The van der Waals surface area contributed by atoms with Gasteiger partial charge in [0, 0.05) is 42.8 Å². The van der Waals surface area contributed by atoms with Gasteiger partial charge in [-0.15, -0.1) is 0 Å². The zero-order valence-electron chi connectivity index (χ0n) is 15.3. The van der Waals surface area contributed by atoms with Crippen LogP contribution in [0.2, 0.25) is 0 Å². The third-order valence-corrected chi connectivity index (χ3v) is 5.17. The van der Waals surface area contributed by atoms with Crippen molar-refractivity contribution in [3.63, 3.8) is 0 Å². The van der Waals surface area contributed by atoms with Gasteiger partial charge in [-0.1, -0.05) is 18.2 Å². The van der Waals surface area contributed by atoms with Gasteiger partial charge in [0.2, 0.25) is 0 Å². The van der Waals surface area contributed by atoms with Gasteiger partial charge in [0.1, 0.15) is 11.6 Å². The number of ether oxygens (including phenoxy) is 1. The summed E-state index contributed by atoms with van der Waals surface area (Å²) in [6, 6.07) is 11.9. The second kappa shape index (κ2) is 8.19. The second-order valence-corrected chi connectivity index (χ2v) is 7.13. The first-order chi connectivity index (χ1) is 13.2. The number of aromatic nitrogens is 1. The smallest absolute Gasteiger partial charge is 0.126 e. The number of hydrogen-bond acceptors (Lipinski definition) is 2. The van der Waals surface area contributed by atoms with Crippen LogP contribution in [0.4, 0.5) is 8.78 Å². The molecule has 27 heavy (non-hydrogen) atoms. The molecule has 3 nitrogen and oxygen atoms in total. The number of halogens is 2. The van der Waals surface area contributed by atoms with E-state index in [1.54, 1.807) is 0 Å². The van der Waals surface area contributed by atoms with Gasteiger partial charge >= 0.3 is 0 Å². The van der Waals surface area contributed by atoms with Gasteiger partial charge in [0.05, 0.1) is 13.2 Å². The molecule has 0 amide bonds. The molecule has 3 aromatic rings. The molecule has 0 unspecified atom stereocenters. The van der Waals surface area contributed by atoms with Crippen LogP contribution in [-0.4, -0.2) is 42.3 Å². The summed E-state index contributed by atoms with van der Waals surface area (Å²) in [5.74, 6) is -1.07. The number of fused-ring (bicyclic) bond motifs is 1. The average molecular weight is 370 g/mol. The number of nitrogens with zero attached hydrogens (tertiary/aromatic N) is 2. The summed E-state index contributed by atoms with van der Waals surface area (Å²) in [6.45, 7) is 5.18. The number of morpholine rings is 1. The van der Waals surface area contributed by atoms with Crippen molar-refractivity contribution < 1.29 is 13.5 Å². The van der Waals surface area contributed by atoms with E-state index in [-0.39, 0.29) is 0 Å². The fraction of sp³-hybridized carbons (Fsp3) is 0.364. The highest BCUT2D eigenvalue weighted by Gasteiger charge is 2.12. The number of rotatable bonds is 6. The summed E-state index contributed by atoms with van der Waals surface area (Å²) in [4.78, 5) is 2.44. The van der Waals surface area contributed by atoms with Crippen LogP contribution in [0.5, 0.6) is 0 Å². The predicted octanol–water partition coefficient (Wildman–Crippen LogP) is 4.23. The lowest BCUT2D eigenvalue weighted by Gasteiger charge is -2.26. The number of hydrogen-bond donors (Lipinski definition) is 0. The van der Waals surface area contributed by atoms with Crippen molar-refractivity contribution in [3.8, 4) is 0 Å². The van der Waals surface area contributed by atoms with E-state index in [0.29, 0.717) is 12.1 Å². The summed E-state index contributed by atoms with van der Waals surface area (Å²) in [6.07, 6.45) is 4.21. The molecular weight excluding hydrogens is 346 g/mol. The topological polar surface area (TPSA) is 17.4 Å². The Bertz CT molecular complexity index is 896. The van der Waals surface area contributed by atoms with Crippen LogP contribution in [0.15, 0.2) is 48.7 Å². The minimum absolute atomic E-state index is 0.457. The van der Waals surface area contributed by atoms with Crippen LogP contribution in [0, 0.1) is 11.6 Å². The molecular formula is C22H24F2N2O. The van der Waals surface area contributed by atoms with E-state index in [4.69, 9.17) is 4.74 Å².